The Balaban J connectivity index is 3.26. The van der Waals surface area contributed by atoms with E-state index in [-0.39, 0.29) is 11.9 Å². The lowest BCUT2D eigenvalue weighted by Crippen LogP contribution is -2.23. The summed E-state index contributed by atoms with van der Waals surface area (Å²) in [6, 6.07) is 0. The maximum Gasteiger partial charge on any atom is 0.177 e. The summed E-state index contributed by atoms with van der Waals surface area (Å²) in [6.45, 7) is 11.5. The summed E-state index contributed by atoms with van der Waals surface area (Å²) in [5.41, 5.74) is 6.56. The van der Waals surface area contributed by atoms with Crippen LogP contribution in [0.4, 0.5) is 10.7 Å². The minimum absolute atomic E-state index is 0.00472. The lowest BCUT2D eigenvalue weighted by atomic mass is 10.3. The number of rotatable bonds is 7. The van der Waals surface area contributed by atoms with Crippen LogP contribution in [-0.2, 0) is 0 Å². The van der Waals surface area contributed by atoms with E-state index in [1.54, 1.807) is 6.92 Å². The van der Waals surface area contributed by atoms with Crippen molar-refractivity contribution in [2.75, 3.05) is 23.7 Å². The van der Waals surface area contributed by atoms with Gasteiger partial charge in [0, 0.05) is 20.0 Å². The van der Waals surface area contributed by atoms with Crippen LogP contribution >= 0.6 is 11.3 Å². The Morgan fingerprint density at radius 2 is 2.05 bits per heavy atom. The van der Waals surface area contributed by atoms with Crippen LogP contribution in [0, 0.1) is 0 Å². The van der Waals surface area contributed by atoms with Crippen molar-refractivity contribution >= 4 is 27.8 Å². The van der Waals surface area contributed by atoms with E-state index >= 15 is 0 Å². The molecule has 0 radical (unpaired) electrons. The first-order valence-electron chi connectivity index (χ1n) is 6.77. The number of ketones is 1. The number of nitrogen functional groups attached to an aromatic ring is 1. The Hall–Kier alpha value is -1.23. The number of hydrogen-bond acceptors (Lipinski definition) is 5. The van der Waals surface area contributed by atoms with Gasteiger partial charge in [-0.25, -0.2) is 0 Å². The second kappa shape index (κ2) is 6.80. The van der Waals surface area contributed by atoms with Crippen LogP contribution in [0.1, 0.15) is 50.7 Å². The van der Waals surface area contributed by atoms with Crippen molar-refractivity contribution < 1.29 is 9.53 Å². The number of Topliss-reactive ketones (excluding diaryl/α,β-unsaturated/α-hetero) is 1. The van der Waals surface area contributed by atoms with Gasteiger partial charge in [-0.2, -0.15) is 0 Å². The molecule has 0 unspecified atom stereocenters. The molecular weight excluding hydrogens is 260 g/mol. The summed E-state index contributed by atoms with van der Waals surface area (Å²) < 4.78 is 5.83. The van der Waals surface area contributed by atoms with Crippen LogP contribution in [0.15, 0.2) is 0 Å². The fourth-order valence-corrected chi connectivity index (χ4v) is 3.05. The Kier molecular flexibility index (Phi) is 5.66. The highest BCUT2D eigenvalue weighted by atomic mass is 32.1. The predicted octanol–water partition coefficient (Wildman–Crippen LogP) is 3.56. The quantitative estimate of drug-likeness (QED) is 0.778. The molecule has 1 rings (SSSR count). The molecule has 0 aromatic carbocycles. The molecule has 0 amide bonds. The summed E-state index contributed by atoms with van der Waals surface area (Å²) in [5.74, 6) is 0.662. The van der Waals surface area contributed by atoms with E-state index < -0.39 is 0 Å². The van der Waals surface area contributed by atoms with Gasteiger partial charge in [0.25, 0.3) is 0 Å². The van der Waals surface area contributed by atoms with Crippen LogP contribution < -0.4 is 15.4 Å². The van der Waals surface area contributed by atoms with Crippen molar-refractivity contribution in [3.05, 3.63) is 4.88 Å². The SMILES string of the molecule is CCCN(CC)c1sc(C(C)=O)c(N)c1OC(C)C. The van der Waals surface area contributed by atoms with E-state index in [4.69, 9.17) is 10.5 Å². The van der Waals surface area contributed by atoms with Crippen molar-refractivity contribution in [1.82, 2.24) is 0 Å². The van der Waals surface area contributed by atoms with Crippen LogP contribution in [0.3, 0.4) is 0 Å². The van der Waals surface area contributed by atoms with Gasteiger partial charge in [-0.3, -0.25) is 4.79 Å². The van der Waals surface area contributed by atoms with E-state index in [1.807, 2.05) is 13.8 Å². The zero-order valence-corrected chi connectivity index (χ0v) is 13.3. The maximum absolute atomic E-state index is 11.6. The number of nitrogens with zero attached hydrogens (tertiary/aromatic N) is 1. The average Bonchev–Trinajstić information content (AvgIpc) is 2.64. The highest BCUT2D eigenvalue weighted by Gasteiger charge is 2.23. The highest BCUT2D eigenvalue weighted by molar-refractivity contribution is 7.19. The van der Waals surface area contributed by atoms with Crippen molar-refractivity contribution in [2.24, 2.45) is 0 Å². The lowest BCUT2D eigenvalue weighted by Gasteiger charge is -2.23. The molecule has 0 aliphatic carbocycles. The number of thiophene rings is 1. The van der Waals surface area contributed by atoms with E-state index in [0.29, 0.717) is 16.3 Å². The number of carbonyl (C=O) groups is 1. The molecule has 4 nitrogen and oxygen atoms in total. The van der Waals surface area contributed by atoms with Crippen LogP contribution in [0.25, 0.3) is 0 Å². The fraction of sp³-hybridized carbons (Fsp3) is 0.643. The van der Waals surface area contributed by atoms with Crippen LogP contribution in [-0.4, -0.2) is 25.0 Å². The summed E-state index contributed by atoms with van der Waals surface area (Å²) in [6.07, 6.45) is 1.08. The Morgan fingerprint density at radius 3 is 2.47 bits per heavy atom. The predicted molar refractivity (Wildman–Crippen MR) is 82.7 cm³/mol. The molecule has 5 heteroatoms. The van der Waals surface area contributed by atoms with Crippen molar-refractivity contribution in [3.8, 4) is 5.75 Å². The number of nitrogens with two attached hydrogens (primary N) is 1. The van der Waals surface area contributed by atoms with Crippen LogP contribution in [0.5, 0.6) is 5.75 Å². The molecule has 1 aromatic heterocycles. The molecule has 19 heavy (non-hydrogen) atoms. The van der Waals surface area contributed by atoms with Crippen molar-refractivity contribution in [1.29, 1.82) is 0 Å². The molecule has 0 saturated carbocycles. The molecule has 0 spiro atoms. The molecule has 0 aliphatic rings. The van der Waals surface area contributed by atoms with Gasteiger partial charge in [0.05, 0.1) is 16.7 Å². The molecule has 1 aromatic rings. The van der Waals surface area contributed by atoms with Gasteiger partial charge in [0.15, 0.2) is 11.5 Å². The summed E-state index contributed by atoms with van der Waals surface area (Å²) >= 11 is 1.44. The number of anilines is 2. The van der Waals surface area contributed by atoms with E-state index in [2.05, 4.69) is 18.7 Å². The highest BCUT2D eigenvalue weighted by Crippen LogP contribution is 2.45. The smallest absolute Gasteiger partial charge is 0.177 e. The first kappa shape index (κ1) is 15.8. The zero-order valence-electron chi connectivity index (χ0n) is 12.4. The van der Waals surface area contributed by atoms with Gasteiger partial charge in [-0.05, 0) is 27.2 Å². The molecule has 0 atom stereocenters. The second-order valence-electron chi connectivity index (χ2n) is 4.78. The van der Waals surface area contributed by atoms with Gasteiger partial charge >= 0.3 is 0 Å². The Labute approximate surface area is 119 Å². The molecule has 108 valence electrons. The summed E-state index contributed by atoms with van der Waals surface area (Å²) in [5, 5.41) is 0.973. The molecule has 0 saturated heterocycles. The van der Waals surface area contributed by atoms with Gasteiger partial charge in [-0.15, -0.1) is 11.3 Å². The summed E-state index contributed by atoms with van der Waals surface area (Å²) in [7, 11) is 0. The first-order chi connectivity index (χ1) is 8.92. The average molecular weight is 284 g/mol. The number of ether oxygens (including phenoxy) is 1. The van der Waals surface area contributed by atoms with Crippen molar-refractivity contribution in [3.63, 3.8) is 0 Å². The minimum Gasteiger partial charge on any atom is -0.486 e. The lowest BCUT2D eigenvalue weighted by molar-refractivity contribution is 0.102. The van der Waals surface area contributed by atoms with E-state index in [9.17, 15) is 4.79 Å². The third kappa shape index (κ3) is 3.62. The van der Waals surface area contributed by atoms with E-state index in [0.717, 1.165) is 24.5 Å². The standard InChI is InChI=1S/C14H24N2O2S/c1-6-8-16(7-2)14-12(18-9(3)4)11(15)13(19-14)10(5)17/h9H,6-8,15H2,1-5H3. The van der Waals surface area contributed by atoms with Gasteiger partial charge < -0.3 is 15.4 Å². The summed E-state index contributed by atoms with van der Waals surface area (Å²) in [4.78, 5) is 14.5. The van der Waals surface area contributed by atoms with Crippen molar-refractivity contribution in [2.45, 2.75) is 47.1 Å². The second-order valence-corrected chi connectivity index (χ2v) is 5.78. The molecular formula is C14H24N2O2S. The monoisotopic (exact) mass is 284 g/mol. The van der Waals surface area contributed by atoms with Gasteiger partial charge in [0.1, 0.15) is 5.00 Å². The van der Waals surface area contributed by atoms with Gasteiger partial charge in [0.2, 0.25) is 0 Å². The largest absolute Gasteiger partial charge is 0.486 e. The number of carbonyl (C=O) groups excluding carboxylic acids is 1. The maximum atomic E-state index is 11.6. The normalized spacial score (nSPS) is 10.8. The fourth-order valence-electron chi connectivity index (χ4n) is 1.91. The molecule has 0 fully saturated rings. The molecule has 0 bridgehead atoms. The Bertz CT molecular complexity index is 441. The molecule has 0 aliphatic heterocycles. The number of hydrogen-bond donors (Lipinski definition) is 1. The third-order valence-corrected chi connectivity index (χ3v) is 4.07. The zero-order chi connectivity index (χ0) is 14.6. The molecule has 2 N–H and O–H groups in total. The minimum atomic E-state index is -0.00472. The Morgan fingerprint density at radius 1 is 1.42 bits per heavy atom. The van der Waals surface area contributed by atoms with Crippen LogP contribution in [0.2, 0.25) is 0 Å². The van der Waals surface area contributed by atoms with Gasteiger partial charge in [-0.1, -0.05) is 6.92 Å². The third-order valence-electron chi connectivity index (χ3n) is 2.72. The first-order valence-corrected chi connectivity index (χ1v) is 7.58. The topological polar surface area (TPSA) is 55.6 Å². The molecule has 1 heterocycles. The van der Waals surface area contributed by atoms with E-state index in [1.165, 1.54) is 11.3 Å².